The fraction of sp³-hybridized carbons (Fsp3) is 0.400. The number of thiazole rings is 1. The van der Waals surface area contributed by atoms with Crippen molar-refractivity contribution >= 4 is 17.2 Å². The molecule has 1 N–H and O–H groups in total. The summed E-state index contributed by atoms with van der Waals surface area (Å²) in [5.41, 5.74) is 1.92. The fourth-order valence-electron chi connectivity index (χ4n) is 1.86. The monoisotopic (exact) mass is 289 g/mol. The third-order valence-corrected chi connectivity index (χ3v) is 3.67. The SMILES string of the molecule is CC(C)NC(=O)Cc1csc(CCc2ccccn2)n1. The van der Waals surface area contributed by atoms with Crippen LogP contribution in [0.4, 0.5) is 0 Å². The second-order valence-electron chi connectivity index (χ2n) is 4.95. The van der Waals surface area contributed by atoms with Crippen LogP contribution in [0, 0.1) is 0 Å². The van der Waals surface area contributed by atoms with Crippen molar-refractivity contribution < 1.29 is 4.79 Å². The van der Waals surface area contributed by atoms with E-state index in [1.54, 1.807) is 17.5 Å². The van der Waals surface area contributed by atoms with Crippen molar-refractivity contribution in [2.45, 2.75) is 39.2 Å². The van der Waals surface area contributed by atoms with Gasteiger partial charge in [-0.25, -0.2) is 4.98 Å². The molecule has 0 aliphatic rings. The molecule has 0 aliphatic carbocycles. The summed E-state index contributed by atoms with van der Waals surface area (Å²) in [5, 5.41) is 5.90. The van der Waals surface area contributed by atoms with Gasteiger partial charge in [0.2, 0.25) is 5.91 Å². The lowest BCUT2D eigenvalue weighted by atomic mass is 10.2. The smallest absolute Gasteiger partial charge is 0.226 e. The fourth-order valence-corrected chi connectivity index (χ4v) is 2.66. The molecule has 0 saturated carbocycles. The number of hydrogen-bond acceptors (Lipinski definition) is 4. The number of nitrogens with zero attached hydrogens (tertiary/aromatic N) is 2. The predicted molar refractivity (Wildman–Crippen MR) is 80.7 cm³/mol. The minimum Gasteiger partial charge on any atom is -0.354 e. The van der Waals surface area contributed by atoms with Crippen molar-refractivity contribution in [2.75, 3.05) is 0 Å². The van der Waals surface area contributed by atoms with Gasteiger partial charge in [-0.1, -0.05) is 6.07 Å². The topological polar surface area (TPSA) is 54.9 Å². The van der Waals surface area contributed by atoms with Crippen LogP contribution in [0.3, 0.4) is 0 Å². The highest BCUT2D eigenvalue weighted by molar-refractivity contribution is 7.09. The van der Waals surface area contributed by atoms with Crippen LogP contribution in [0.2, 0.25) is 0 Å². The Morgan fingerprint density at radius 3 is 2.85 bits per heavy atom. The zero-order valence-electron chi connectivity index (χ0n) is 11.8. The Labute approximate surface area is 123 Å². The van der Waals surface area contributed by atoms with Gasteiger partial charge in [-0.3, -0.25) is 9.78 Å². The molecular formula is C15H19N3OS. The van der Waals surface area contributed by atoms with Gasteiger partial charge in [-0.05, 0) is 32.4 Å². The average molecular weight is 289 g/mol. The van der Waals surface area contributed by atoms with E-state index in [0.29, 0.717) is 6.42 Å². The molecule has 5 heteroatoms. The van der Waals surface area contributed by atoms with Crippen LogP contribution in [-0.2, 0) is 24.1 Å². The molecule has 0 spiro atoms. The first-order valence-corrected chi connectivity index (χ1v) is 7.64. The Bertz CT molecular complexity index is 551. The second-order valence-corrected chi connectivity index (χ2v) is 5.90. The number of aromatic nitrogens is 2. The quantitative estimate of drug-likeness (QED) is 0.888. The van der Waals surface area contributed by atoms with Crippen molar-refractivity contribution in [3.8, 4) is 0 Å². The summed E-state index contributed by atoms with van der Waals surface area (Å²) < 4.78 is 0. The molecular weight excluding hydrogens is 270 g/mol. The van der Waals surface area contributed by atoms with E-state index in [0.717, 1.165) is 29.2 Å². The molecule has 0 saturated heterocycles. The highest BCUT2D eigenvalue weighted by Gasteiger charge is 2.08. The minimum absolute atomic E-state index is 0.0292. The van der Waals surface area contributed by atoms with Crippen LogP contribution >= 0.6 is 11.3 Å². The number of hydrogen-bond donors (Lipinski definition) is 1. The van der Waals surface area contributed by atoms with E-state index in [1.807, 2.05) is 37.4 Å². The standard InChI is InChI=1S/C15H19N3OS/c1-11(2)17-14(19)9-13-10-20-15(18-13)7-6-12-5-3-4-8-16-12/h3-5,8,10-11H,6-7,9H2,1-2H3,(H,17,19). The molecule has 20 heavy (non-hydrogen) atoms. The van der Waals surface area contributed by atoms with E-state index in [4.69, 9.17) is 0 Å². The van der Waals surface area contributed by atoms with Crippen LogP contribution in [-0.4, -0.2) is 21.9 Å². The maximum Gasteiger partial charge on any atom is 0.226 e. The molecule has 1 amide bonds. The molecule has 2 aromatic heterocycles. The second kappa shape index (κ2) is 7.14. The number of carbonyl (C=O) groups excluding carboxylic acids is 1. The molecule has 4 nitrogen and oxygen atoms in total. The average Bonchev–Trinajstić information content (AvgIpc) is 2.84. The normalized spacial score (nSPS) is 10.8. The third kappa shape index (κ3) is 4.74. The van der Waals surface area contributed by atoms with Gasteiger partial charge in [-0.15, -0.1) is 11.3 Å². The lowest BCUT2D eigenvalue weighted by Gasteiger charge is -2.06. The molecule has 2 rings (SSSR count). The van der Waals surface area contributed by atoms with E-state index in [1.165, 1.54) is 0 Å². The van der Waals surface area contributed by atoms with E-state index in [-0.39, 0.29) is 11.9 Å². The zero-order chi connectivity index (χ0) is 14.4. The molecule has 0 unspecified atom stereocenters. The van der Waals surface area contributed by atoms with Crippen LogP contribution in [0.15, 0.2) is 29.8 Å². The van der Waals surface area contributed by atoms with Crippen LogP contribution < -0.4 is 5.32 Å². The molecule has 0 aromatic carbocycles. The molecule has 0 fully saturated rings. The first-order chi connectivity index (χ1) is 9.63. The number of rotatable bonds is 6. The van der Waals surface area contributed by atoms with Crippen molar-refractivity contribution in [2.24, 2.45) is 0 Å². The van der Waals surface area contributed by atoms with Crippen molar-refractivity contribution in [1.29, 1.82) is 0 Å². The number of aryl methyl sites for hydroxylation is 2. The molecule has 2 aromatic rings. The molecule has 0 bridgehead atoms. The van der Waals surface area contributed by atoms with E-state index in [2.05, 4.69) is 15.3 Å². The summed E-state index contributed by atoms with van der Waals surface area (Å²) in [6.07, 6.45) is 3.91. The predicted octanol–water partition coefficient (Wildman–Crippen LogP) is 2.39. The van der Waals surface area contributed by atoms with Crippen molar-refractivity contribution in [3.63, 3.8) is 0 Å². The van der Waals surface area contributed by atoms with Gasteiger partial charge in [0.05, 0.1) is 17.1 Å². The van der Waals surface area contributed by atoms with Crippen LogP contribution in [0.5, 0.6) is 0 Å². The summed E-state index contributed by atoms with van der Waals surface area (Å²) in [6.45, 7) is 3.91. The molecule has 0 radical (unpaired) electrons. The Hall–Kier alpha value is -1.75. The van der Waals surface area contributed by atoms with Gasteiger partial charge in [0.1, 0.15) is 0 Å². The third-order valence-electron chi connectivity index (χ3n) is 2.71. The zero-order valence-corrected chi connectivity index (χ0v) is 12.6. The summed E-state index contributed by atoms with van der Waals surface area (Å²) in [6, 6.07) is 6.10. The van der Waals surface area contributed by atoms with Gasteiger partial charge >= 0.3 is 0 Å². The van der Waals surface area contributed by atoms with Gasteiger partial charge in [0.25, 0.3) is 0 Å². The maximum absolute atomic E-state index is 11.7. The number of pyridine rings is 1. The highest BCUT2D eigenvalue weighted by Crippen LogP contribution is 2.13. The summed E-state index contributed by atoms with van der Waals surface area (Å²) in [5.74, 6) is 0.0292. The van der Waals surface area contributed by atoms with Gasteiger partial charge in [0.15, 0.2) is 0 Å². The van der Waals surface area contributed by atoms with E-state index < -0.39 is 0 Å². The molecule has 2 heterocycles. The largest absolute Gasteiger partial charge is 0.354 e. The highest BCUT2D eigenvalue weighted by atomic mass is 32.1. The van der Waals surface area contributed by atoms with Gasteiger partial charge < -0.3 is 5.32 Å². The molecule has 106 valence electrons. The summed E-state index contributed by atoms with van der Waals surface area (Å²) in [4.78, 5) is 20.5. The minimum atomic E-state index is 0.0292. The van der Waals surface area contributed by atoms with Crippen molar-refractivity contribution in [1.82, 2.24) is 15.3 Å². The van der Waals surface area contributed by atoms with Crippen molar-refractivity contribution in [3.05, 3.63) is 46.2 Å². The molecule has 0 atom stereocenters. The van der Waals surface area contributed by atoms with E-state index >= 15 is 0 Å². The Morgan fingerprint density at radius 2 is 2.15 bits per heavy atom. The number of amides is 1. The lowest BCUT2D eigenvalue weighted by molar-refractivity contribution is -0.120. The Kier molecular flexibility index (Phi) is 5.24. The van der Waals surface area contributed by atoms with Gasteiger partial charge in [0, 0.05) is 29.7 Å². The first kappa shape index (κ1) is 14.7. The number of nitrogens with one attached hydrogen (secondary N) is 1. The molecule has 0 aliphatic heterocycles. The Balaban J connectivity index is 1.84. The Morgan fingerprint density at radius 1 is 1.30 bits per heavy atom. The summed E-state index contributed by atoms with van der Waals surface area (Å²) >= 11 is 1.61. The maximum atomic E-state index is 11.7. The lowest BCUT2D eigenvalue weighted by Crippen LogP contribution is -2.31. The van der Waals surface area contributed by atoms with Crippen LogP contribution in [0.25, 0.3) is 0 Å². The van der Waals surface area contributed by atoms with Crippen LogP contribution in [0.1, 0.15) is 30.2 Å². The number of carbonyl (C=O) groups is 1. The first-order valence-electron chi connectivity index (χ1n) is 6.76. The van der Waals surface area contributed by atoms with Gasteiger partial charge in [-0.2, -0.15) is 0 Å². The van der Waals surface area contributed by atoms with E-state index in [9.17, 15) is 4.79 Å². The summed E-state index contributed by atoms with van der Waals surface area (Å²) in [7, 11) is 0.